The van der Waals surface area contributed by atoms with Crippen LogP contribution in [0.1, 0.15) is 19.8 Å². The Morgan fingerprint density at radius 2 is 2.13 bits per heavy atom. The highest BCUT2D eigenvalue weighted by Crippen LogP contribution is 2.28. The van der Waals surface area contributed by atoms with Crippen molar-refractivity contribution in [1.29, 1.82) is 0 Å². The van der Waals surface area contributed by atoms with Gasteiger partial charge in [-0.05, 0) is 12.3 Å². The second-order valence-corrected chi connectivity index (χ2v) is 4.51. The summed E-state index contributed by atoms with van der Waals surface area (Å²) in [6.07, 6.45) is -4.97. The molecule has 0 aromatic heterocycles. The van der Waals surface area contributed by atoms with E-state index in [1.54, 1.807) is 0 Å². The van der Waals surface area contributed by atoms with Crippen molar-refractivity contribution in [3.05, 3.63) is 0 Å². The molecule has 1 aliphatic rings. The van der Waals surface area contributed by atoms with E-state index in [4.69, 9.17) is 0 Å². The van der Waals surface area contributed by atoms with Gasteiger partial charge in [-0.2, -0.15) is 13.2 Å². The van der Waals surface area contributed by atoms with Crippen LogP contribution in [0, 0.1) is 5.92 Å². The average Bonchev–Trinajstić information content (AvgIpc) is 2.43. The van der Waals surface area contributed by atoms with Crippen LogP contribution < -0.4 is 0 Å². The molecule has 0 bridgehead atoms. The summed E-state index contributed by atoms with van der Waals surface area (Å²) in [7, 11) is 0. The first-order chi connectivity index (χ1) is 6.85. The summed E-state index contributed by atoms with van der Waals surface area (Å²) < 4.78 is 36.1. The van der Waals surface area contributed by atoms with Crippen molar-refractivity contribution in [2.75, 3.05) is 11.9 Å². The highest BCUT2D eigenvalue weighted by molar-refractivity contribution is 9.09. The van der Waals surface area contributed by atoms with Crippen molar-refractivity contribution in [2.24, 2.45) is 5.92 Å². The van der Waals surface area contributed by atoms with Gasteiger partial charge in [-0.15, -0.1) is 0 Å². The monoisotopic (exact) mass is 287 g/mol. The van der Waals surface area contributed by atoms with E-state index in [-0.39, 0.29) is 12.0 Å². The van der Waals surface area contributed by atoms with Gasteiger partial charge in [-0.3, -0.25) is 4.79 Å². The smallest absolute Gasteiger partial charge is 0.338 e. The number of likely N-dealkylation sites (tertiary alicyclic amines) is 1. The van der Waals surface area contributed by atoms with E-state index in [1.165, 1.54) is 4.90 Å². The van der Waals surface area contributed by atoms with Gasteiger partial charge in [0.1, 0.15) is 6.42 Å². The molecule has 2 atom stereocenters. The molecule has 1 rings (SSSR count). The lowest BCUT2D eigenvalue weighted by Gasteiger charge is -2.25. The minimum Gasteiger partial charge on any atom is -0.338 e. The molecule has 0 aromatic rings. The Kier molecular flexibility index (Phi) is 4.03. The van der Waals surface area contributed by atoms with Crippen molar-refractivity contribution in [3.8, 4) is 0 Å². The summed E-state index contributed by atoms with van der Waals surface area (Å²) in [5, 5.41) is 0.539. The normalized spacial score (nSPS) is 27.1. The first kappa shape index (κ1) is 12.8. The zero-order chi connectivity index (χ0) is 11.6. The Morgan fingerprint density at radius 1 is 1.53 bits per heavy atom. The summed E-state index contributed by atoms with van der Waals surface area (Å²) in [4.78, 5) is 12.7. The van der Waals surface area contributed by atoms with Gasteiger partial charge in [0.05, 0.1) is 0 Å². The zero-order valence-electron chi connectivity index (χ0n) is 8.35. The molecule has 1 aliphatic heterocycles. The van der Waals surface area contributed by atoms with Crippen molar-refractivity contribution in [3.63, 3.8) is 0 Å². The first-order valence-electron chi connectivity index (χ1n) is 4.77. The molecule has 0 radical (unpaired) electrons. The zero-order valence-corrected chi connectivity index (χ0v) is 9.94. The summed E-state index contributed by atoms with van der Waals surface area (Å²) in [5.74, 6) is -0.544. The number of nitrogens with zero attached hydrogens (tertiary/aromatic N) is 1. The van der Waals surface area contributed by atoms with E-state index < -0.39 is 18.5 Å². The van der Waals surface area contributed by atoms with Gasteiger partial charge in [-0.1, -0.05) is 22.9 Å². The summed E-state index contributed by atoms with van der Waals surface area (Å²) in [5.41, 5.74) is 0. The number of hydrogen-bond acceptors (Lipinski definition) is 1. The molecule has 1 heterocycles. The topological polar surface area (TPSA) is 20.3 Å². The molecule has 2 nitrogen and oxygen atoms in total. The second-order valence-electron chi connectivity index (χ2n) is 3.87. The highest BCUT2D eigenvalue weighted by Gasteiger charge is 2.39. The first-order valence-corrected chi connectivity index (χ1v) is 5.89. The lowest BCUT2D eigenvalue weighted by Crippen LogP contribution is -2.40. The minimum absolute atomic E-state index is 0.0974. The van der Waals surface area contributed by atoms with Gasteiger partial charge in [-0.25, -0.2) is 0 Å². The minimum atomic E-state index is -4.40. The van der Waals surface area contributed by atoms with Crippen molar-refractivity contribution >= 4 is 21.8 Å². The van der Waals surface area contributed by atoms with Crippen molar-refractivity contribution in [1.82, 2.24) is 4.90 Å². The maximum Gasteiger partial charge on any atom is 0.397 e. The predicted molar refractivity (Wildman–Crippen MR) is 53.7 cm³/mol. The van der Waals surface area contributed by atoms with Gasteiger partial charge in [0, 0.05) is 17.9 Å². The number of halogens is 4. The quantitative estimate of drug-likeness (QED) is 0.715. The molecular weight excluding hydrogens is 275 g/mol. The molecule has 1 amide bonds. The van der Waals surface area contributed by atoms with Crippen LogP contribution >= 0.6 is 15.9 Å². The number of amides is 1. The maximum atomic E-state index is 12.0. The molecule has 15 heavy (non-hydrogen) atoms. The lowest BCUT2D eigenvalue weighted by atomic mass is 10.1. The third-order valence-corrected chi connectivity index (χ3v) is 3.38. The molecule has 1 fully saturated rings. The molecule has 0 aliphatic carbocycles. The molecule has 0 saturated carbocycles. The third-order valence-electron chi connectivity index (χ3n) is 2.71. The van der Waals surface area contributed by atoms with E-state index in [0.29, 0.717) is 11.9 Å². The third kappa shape index (κ3) is 3.36. The number of carbonyl (C=O) groups is 1. The van der Waals surface area contributed by atoms with E-state index in [2.05, 4.69) is 15.9 Å². The number of hydrogen-bond donors (Lipinski definition) is 0. The van der Waals surface area contributed by atoms with E-state index in [9.17, 15) is 18.0 Å². The summed E-state index contributed by atoms with van der Waals surface area (Å²) >= 11 is 3.23. The molecular formula is C9H13BrF3NO. The average molecular weight is 288 g/mol. The maximum absolute atomic E-state index is 12.0. The van der Waals surface area contributed by atoms with Crippen LogP contribution in [0.3, 0.4) is 0 Å². The van der Waals surface area contributed by atoms with Gasteiger partial charge in [0.25, 0.3) is 0 Å². The van der Waals surface area contributed by atoms with Crippen molar-refractivity contribution < 1.29 is 18.0 Å². The Morgan fingerprint density at radius 3 is 2.60 bits per heavy atom. The SMILES string of the molecule is CC1CCN(C(=O)CC(F)(F)F)C1CBr. The lowest BCUT2D eigenvalue weighted by molar-refractivity contribution is -0.161. The van der Waals surface area contributed by atoms with Gasteiger partial charge < -0.3 is 4.90 Å². The standard InChI is InChI=1S/C9H13BrF3NO/c1-6-2-3-14(7(6)5-10)8(15)4-9(11,12)13/h6-7H,2-5H2,1H3. The molecule has 0 N–H and O–H groups in total. The molecule has 0 spiro atoms. The predicted octanol–water partition coefficient (Wildman–Crippen LogP) is 2.57. The molecule has 1 saturated heterocycles. The fraction of sp³-hybridized carbons (Fsp3) is 0.889. The Hall–Kier alpha value is -0.260. The number of rotatable bonds is 2. The van der Waals surface area contributed by atoms with E-state index >= 15 is 0 Å². The number of alkyl halides is 4. The van der Waals surface area contributed by atoms with Crippen LogP contribution in [0.15, 0.2) is 0 Å². The van der Waals surface area contributed by atoms with Crippen LogP contribution in [0.25, 0.3) is 0 Å². The fourth-order valence-electron chi connectivity index (χ4n) is 1.83. The van der Waals surface area contributed by atoms with E-state index in [0.717, 1.165) is 6.42 Å². The van der Waals surface area contributed by atoms with Crippen molar-refractivity contribution in [2.45, 2.75) is 32.0 Å². The van der Waals surface area contributed by atoms with Gasteiger partial charge in [0.15, 0.2) is 0 Å². The largest absolute Gasteiger partial charge is 0.397 e. The molecule has 88 valence electrons. The van der Waals surface area contributed by atoms with Crippen LogP contribution in [0.2, 0.25) is 0 Å². The Balaban J connectivity index is 2.60. The molecule has 2 unspecified atom stereocenters. The van der Waals surface area contributed by atoms with Crippen LogP contribution in [-0.4, -0.2) is 34.9 Å². The Bertz CT molecular complexity index is 244. The highest BCUT2D eigenvalue weighted by atomic mass is 79.9. The Labute approximate surface area is 94.9 Å². The summed E-state index contributed by atoms with van der Waals surface area (Å²) in [6, 6.07) is -0.0974. The second kappa shape index (κ2) is 4.72. The molecule has 6 heteroatoms. The van der Waals surface area contributed by atoms with Crippen LogP contribution in [-0.2, 0) is 4.79 Å². The van der Waals surface area contributed by atoms with Gasteiger partial charge >= 0.3 is 6.18 Å². The van der Waals surface area contributed by atoms with Gasteiger partial charge in [0.2, 0.25) is 5.91 Å². The van der Waals surface area contributed by atoms with E-state index in [1.807, 2.05) is 6.92 Å². The van der Waals surface area contributed by atoms with Crippen LogP contribution in [0.5, 0.6) is 0 Å². The van der Waals surface area contributed by atoms with Crippen LogP contribution in [0.4, 0.5) is 13.2 Å². The number of carbonyl (C=O) groups excluding carboxylic acids is 1. The molecule has 0 aromatic carbocycles. The summed E-state index contributed by atoms with van der Waals surface area (Å²) in [6.45, 7) is 2.39. The fourth-order valence-corrected chi connectivity index (χ4v) is 2.81.